The largest absolute Gasteiger partial charge is 0.528 e. The number of nitriles is 2. The Bertz CT molecular complexity index is 4980. The lowest BCUT2D eigenvalue weighted by Gasteiger charge is -2.22. The average Bonchev–Trinajstić information content (AvgIpc) is 1.51. The standard InChI is InChI=1S/C90H102Cl4N8O2S5/c1-9-15-21-25-27-29-31-33-37-43-58-70(49-64-72(57(51-95)52-96)60-45-66(91)68(93)47-62(60)82(64)103)105-88-80-86(107-84(58)88)74-76-77(100-109-99-76)75-79(78(74)101(80)53-55(39-19-13-5)41-35-23-17-11-3)102(54-56(40-20-14-6)42-36-24-18-12-4)81-87(75)108-85-59(44-38-34-32-30-28-26-22-16-10-2)71(106-89(81)85)50-65-73(90(97-7)98-8)61-46-67(92)69(94)48-63(61)83(65)104/h45-50,55-56H,9-44,53-54H2,1-6H3/b64-49-,65-50-. The first-order chi connectivity index (χ1) is 53.2. The predicted octanol–water partition coefficient (Wildman–Crippen LogP) is 31.6. The molecule has 0 saturated carbocycles. The molecule has 2 unspecified atom stereocenters. The van der Waals surface area contributed by atoms with Crippen molar-refractivity contribution in [3.8, 4) is 12.1 Å². The summed E-state index contributed by atoms with van der Waals surface area (Å²) in [5.74, 6) is 0.00809. The van der Waals surface area contributed by atoms with Gasteiger partial charge in [-0.25, -0.2) is 0 Å². The minimum atomic E-state index is -0.286. The molecule has 19 heteroatoms. The molecule has 10 nitrogen and oxygen atoms in total. The molecule has 0 N–H and O–H groups in total. The number of Topliss-reactive ketones (excluding diaryl/α,β-unsaturated/α-hetero) is 2. The first-order valence-corrected chi connectivity index (χ1v) is 46.3. The first-order valence-electron chi connectivity index (χ1n) is 40.8. The quantitative estimate of drug-likeness (QED) is 0.0162. The number of nitrogens with zero attached hydrogens (tertiary/aromatic N) is 8. The van der Waals surface area contributed by atoms with E-state index in [1.807, 2.05) is 34.8 Å². The van der Waals surface area contributed by atoms with Crippen molar-refractivity contribution in [3.05, 3.63) is 133 Å². The Morgan fingerprint density at radius 3 is 1.16 bits per heavy atom. The number of allylic oxidation sites excluding steroid dienone is 5. The van der Waals surface area contributed by atoms with Crippen LogP contribution in [-0.2, 0) is 25.9 Å². The summed E-state index contributed by atoms with van der Waals surface area (Å²) in [6, 6.07) is 10.8. The number of benzene rings is 3. The molecule has 0 aliphatic heterocycles. The third-order valence-corrected chi connectivity index (χ3v) is 30.0. The second kappa shape index (κ2) is 39.0. The number of carbonyl (C=O) groups is 2. The fraction of sp³-hybridized carbons (Fsp3) is 0.511. The van der Waals surface area contributed by atoms with Crippen LogP contribution in [-0.4, -0.2) is 29.4 Å². The topological polar surface area (TPSA) is 126 Å². The van der Waals surface area contributed by atoms with E-state index in [4.69, 9.17) is 68.3 Å². The maximum absolute atomic E-state index is 15.1. The molecule has 12 rings (SSSR count). The number of aromatic nitrogens is 4. The van der Waals surface area contributed by atoms with E-state index < -0.39 is 0 Å². The number of hydrogen-bond acceptors (Lipinski definition) is 11. The van der Waals surface area contributed by atoms with E-state index in [0.717, 1.165) is 167 Å². The number of ketones is 2. The second-order valence-electron chi connectivity index (χ2n) is 30.6. The van der Waals surface area contributed by atoms with E-state index in [1.54, 1.807) is 46.9 Å². The average molecular weight is 1630 g/mol. The van der Waals surface area contributed by atoms with Gasteiger partial charge in [-0.2, -0.15) is 29.0 Å². The molecule has 2 aliphatic carbocycles. The zero-order valence-electron chi connectivity index (χ0n) is 64.4. The number of rotatable bonds is 42. The van der Waals surface area contributed by atoms with Crippen LogP contribution in [0, 0.1) is 47.6 Å². The van der Waals surface area contributed by atoms with Crippen molar-refractivity contribution in [3.63, 3.8) is 0 Å². The Morgan fingerprint density at radius 1 is 0.440 bits per heavy atom. The van der Waals surface area contributed by atoms with E-state index >= 15 is 9.59 Å². The molecule has 572 valence electrons. The number of unbranched alkanes of at least 4 members (excludes halogenated alkanes) is 24. The highest BCUT2D eigenvalue weighted by molar-refractivity contribution is 7.34. The van der Waals surface area contributed by atoms with Crippen molar-refractivity contribution in [1.82, 2.24) is 17.9 Å². The minimum Gasteiger partial charge on any atom is -0.337 e. The van der Waals surface area contributed by atoms with Gasteiger partial charge in [-0.05, 0) is 122 Å². The van der Waals surface area contributed by atoms with Gasteiger partial charge in [0.2, 0.25) is 0 Å². The van der Waals surface area contributed by atoms with Crippen LogP contribution < -0.4 is 0 Å². The third-order valence-electron chi connectivity index (χ3n) is 22.9. The summed E-state index contributed by atoms with van der Waals surface area (Å²) in [7, 11) is 0. The monoisotopic (exact) mass is 1630 g/mol. The number of fused-ring (bicyclic) bond motifs is 16. The fourth-order valence-electron chi connectivity index (χ4n) is 17.1. The van der Waals surface area contributed by atoms with Crippen LogP contribution in [0.25, 0.3) is 105 Å². The van der Waals surface area contributed by atoms with Crippen LogP contribution in [0.1, 0.15) is 313 Å². The van der Waals surface area contributed by atoms with Crippen LogP contribution in [0.5, 0.6) is 0 Å². The van der Waals surface area contributed by atoms with Crippen LogP contribution >= 0.6 is 103 Å². The van der Waals surface area contributed by atoms with Gasteiger partial charge in [-0.3, -0.25) is 9.59 Å². The van der Waals surface area contributed by atoms with Crippen molar-refractivity contribution in [2.24, 2.45) is 11.8 Å². The number of aryl methyl sites for hydroxylation is 2. The third kappa shape index (κ3) is 17.3. The Labute approximate surface area is 685 Å². The van der Waals surface area contributed by atoms with Crippen molar-refractivity contribution in [2.75, 3.05) is 0 Å². The molecule has 109 heavy (non-hydrogen) atoms. The summed E-state index contributed by atoms with van der Waals surface area (Å²) in [6.45, 7) is 32.0. The summed E-state index contributed by atoms with van der Waals surface area (Å²) < 4.78 is 23.7. The molecule has 0 amide bonds. The number of thiophene rings is 4. The molecule has 0 spiro atoms. The lowest BCUT2D eigenvalue weighted by atomic mass is 9.94. The molecule has 0 bridgehead atoms. The van der Waals surface area contributed by atoms with E-state index in [1.165, 1.54) is 182 Å². The van der Waals surface area contributed by atoms with Gasteiger partial charge in [-0.1, -0.05) is 268 Å². The molecule has 7 aromatic heterocycles. The predicted molar refractivity (Wildman–Crippen MR) is 471 cm³/mol. The molecule has 10 aromatic rings. The van der Waals surface area contributed by atoms with Gasteiger partial charge in [0.15, 0.2) is 11.6 Å². The summed E-state index contributed by atoms with van der Waals surface area (Å²) in [6.07, 6.45) is 45.2. The van der Waals surface area contributed by atoms with E-state index in [-0.39, 0.29) is 43.1 Å². The SMILES string of the molecule is [C-]#[N+]C([N+]#[C-])=C1/C(=C/c2sc3c(sc4c5c6nsnc6c6c7sc8c(CCCCCCCCCCC)c(/C=C9\C(=O)c%10cc(Cl)c(Cl)cc%10C9=C(C#N)C#N)sc8c7n(CC(CCCC)CCCCCC)c6c5n(CC(CCCC)CCCCCC)c34)c2CCCCCCCCCCC)C(=O)c2cc(Cl)c(Cl)cc21. The summed E-state index contributed by atoms with van der Waals surface area (Å²) >= 11 is 35.4. The van der Waals surface area contributed by atoms with Crippen LogP contribution in [0.3, 0.4) is 0 Å². The smallest absolute Gasteiger partial charge is 0.337 e. The number of carbonyl (C=O) groups excluding carboxylic acids is 2. The Kier molecular flexibility index (Phi) is 29.5. The van der Waals surface area contributed by atoms with E-state index in [0.29, 0.717) is 56.4 Å². The molecule has 0 saturated heterocycles. The maximum Gasteiger partial charge on any atom is 0.528 e. The van der Waals surface area contributed by atoms with Gasteiger partial charge in [0.25, 0.3) is 0 Å². The highest BCUT2D eigenvalue weighted by atomic mass is 35.5. The van der Waals surface area contributed by atoms with Gasteiger partial charge in [0, 0.05) is 61.5 Å². The Morgan fingerprint density at radius 2 is 0.780 bits per heavy atom. The molecule has 0 fully saturated rings. The highest BCUT2D eigenvalue weighted by Crippen LogP contribution is 2.57. The van der Waals surface area contributed by atoms with Crippen molar-refractivity contribution in [1.29, 1.82) is 10.5 Å². The van der Waals surface area contributed by atoms with Gasteiger partial charge >= 0.3 is 5.82 Å². The van der Waals surface area contributed by atoms with Crippen LogP contribution in [0.2, 0.25) is 20.1 Å². The Balaban J connectivity index is 1.16. The molecule has 0 radical (unpaired) electrons. The lowest BCUT2D eigenvalue weighted by molar-refractivity contribution is 0.103. The second-order valence-corrected chi connectivity index (χ2v) is 36.9. The minimum absolute atomic E-state index is 0.145. The zero-order valence-corrected chi connectivity index (χ0v) is 71.5. The molecular weight excluding hydrogens is 1530 g/mol. The fourth-order valence-corrected chi connectivity index (χ4v) is 24.3. The first kappa shape index (κ1) is 82.3. The molecule has 2 atom stereocenters. The van der Waals surface area contributed by atoms with E-state index in [2.05, 4.69) is 72.5 Å². The van der Waals surface area contributed by atoms with Gasteiger partial charge in [0.1, 0.15) is 41.9 Å². The van der Waals surface area contributed by atoms with Gasteiger partial charge in [0.05, 0.1) is 87.7 Å². The summed E-state index contributed by atoms with van der Waals surface area (Å²) in [5, 5.41) is 24.6. The summed E-state index contributed by atoms with van der Waals surface area (Å²) in [4.78, 5) is 39.7. The highest BCUT2D eigenvalue weighted by Gasteiger charge is 2.40. The van der Waals surface area contributed by atoms with Gasteiger partial charge in [-0.15, -0.1) is 45.3 Å². The molecule has 7 heterocycles. The molecule has 2 aliphatic rings. The molecule has 3 aromatic carbocycles. The van der Waals surface area contributed by atoms with Gasteiger partial charge < -0.3 is 9.13 Å². The molecular formula is C90H102Cl4N8O2S5. The van der Waals surface area contributed by atoms with Crippen molar-refractivity contribution in [2.45, 2.75) is 286 Å². The van der Waals surface area contributed by atoms with E-state index in [9.17, 15) is 10.5 Å². The van der Waals surface area contributed by atoms with Crippen molar-refractivity contribution >= 4 is 210 Å². The van der Waals surface area contributed by atoms with Crippen molar-refractivity contribution < 1.29 is 9.59 Å². The normalized spacial score (nSPS) is 14.4. The summed E-state index contributed by atoms with van der Waals surface area (Å²) in [5.41, 5.74) is 11.7. The number of hydrogen-bond donors (Lipinski definition) is 0. The van der Waals surface area contributed by atoms with Crippen LogP contribution in [0.15, 0.2) is 46.8 Å². The zero-order chi connectivity index (χ0) is 76.8. The lowest BCUT2D eigenvalue weighted by Crippen LogP contribution is -2.14. The Hall–Kier alpha value is -6.18. The maximum atomic E-state index is 15.1. The number of halogens is 4. The van der Waals surface area contributed by atoms with Crippen LogP contribution in [0.4, 0.5) is 0 Å².